The van der Waals surface area contributed by atoms with Gasteiger partial charge in [-0.15, -0.1) is 0 Å². The average molecular weight is 383 g/mol. The number of amides is 2. The molecule has 1 aromatic carbocycles. The lowest BCUT2D eigenvalue weighted by molar-refractivity contribution is -0.153. The number of rotatable bonds is 6. The molecule has 4 rings (SSSR count). The summed E-state index contributed by atoms with van der Waals surface area (Å²) in [4.78, 5) is 50.3. The lowest BCUT2D eigenvalue weighted by Crippen LogP contribution is -2.39. The van der Waals surface area contributed by atoms with Crippen LogP contribution in [0.4, 0.5) is 0 Å². The highest BCUT2D eigenvalue weighted by Crippen LogP contribution is 2.40. The molecule has 0 N–H and O–H groups in total. The van der Waals surface area contributed by atoms with Crippen LogP contribution in [0.25, 0.3) is 0 Å². The fourth-order valence-electron chi connectivity index (χ4n) is 4.78. The number of esters is 1. The molecule has 2 amide bonds. The first-order valence-corrected chi connectivity index (χ1v) is 10.2. The van der Waals surface area contributed by atoms with Crippen LogP contribution in [0.2, 0.25) is 0 Å². The van der Waals surface area contributed by atoms with Crippen molar-refractivity contribution < 1.29 is 23.9 Å². The zero-order valence-electron chi connectivity index (χ0n) is 15.9. The van der Waals surface area contributed by atoms with Crippen LogP contribution < -0.4 is 0 Å². The highest BCUT2D eigenvalue weighted by atomic mass is 16.5. The van der Waals surface area contributed by atoms with E-state index in [0.29, 0.717) is 49.1 Å². The second-order valence-electron chi connectivity index (χ2n) is 8.08. The van der Waals surface area contributed by atoms with Crippen molar-refractivity contribution >= 4 is 23.6 Å². The van der Waals surface area contributed by atoms with E-state index in [1.54, 1.807) is 24.3 Å². The minimum absolute atomic E-state index is 0.0406. The molecule has 1 aliphatic heterocycles. The molecule has 6 heteroatoms. The van der Waals surface area contributed by atoms with Crippen molar-refractivity contribution in [3.63, 3.8) is 0 Å². The first-order chi connectivity index (χ1) is 13.6. The third kappa shape index (κ3) is 3.48. The number of hydrogen-bond donors (Lipinski definition) is 0. The van der Waals surface area contributed by atoms with Crippen molar-refractivity contribution in [3.8, 4) is 0 Å². The highest BCUT2D eigenvalue weighted by Gasteiger charge is 2.41. The number of carbonyl (C=O) groups is 4. The molecule has 1 aromatic rings. The maximum absolute atomic E-state index is 12.4. The van der Waals surface area contributed by atoms with Crippen molar-refractivity contribution in [1.29, 1.82) is 0 Å². The second-order valence-corrected chi connectivity index (χ2v) is 8.08. The largest absolute Gasteiger partial charge is 0.465 e. The summed E-state index contributed by atoms with van der Waals surface area (Å²) in [6.07, 6.45) is 5.33. The van der Waals surface area contributed by atoms with Crippen LogP contribution in [0, 0.1) is 17.8 Å². The van der Waals surface area contributed by atoms with Crippen molar-refractivity contribution in [1.82, 2.24) is 4.90 Å². The smallest absolute Gasteiger partial charge is 0.308 e. The van der Waals surface area contributed by atoms with E-state index in [0.717, 1.165) is 19.3 Å². The van der Waals surface area contributed by atoms with Crippen molar-refractivity contribution in [2.75, 3.05) is 13.2 Å². The summed E-state index contributed by atoms with van der Waals surface area (Å²) in [6.45, 7) is 0.605. The van der Waals surface area contributed by atoms with E-state index in [2.05, 4.69) is 0 Å². The number of unbranched alkanes of at least 4 members (excludes halogenated alkanes) is 1. The van der Waals surface area contributed by atoms with Gasteiger partial charge in [-0.3, -0.25) is 24.1 Å². The number of benzene rings is 1. The standard InChI is InChI=1S/C22H25NO5/c24-19-14-6-5-7-15(19)13-16(12-14)22(27)28-11-4-3-10-23-20(25)17-8-1-2-9-18(17)21(23)26/h1-2,8-9,14-16H,3-7,10-13H2/t14-,15+,16?. The summed E-state index contributed by atoms with van der Waals surface area (Å²) in [5, 5.41) is 0. The summed E-state index contributed by atoms with van der Waals surface area (Å²) < 4.78 is 5.42. The van der Waals surface area contributed by atoms with Crippen LogP contribution in [0.1, 0.15) is 65.7 Å². The number of Topliss-reactive ketones (excluding diaryl/α,β-unsaturated/α-hetero) is 1. The van der Waals surface area contributed by atoms with Crippen molar-refractivity contribution in [2.24, 2.45) is 17.8 Å². The molecule has 148 valence electrons. The molecule has 0 saturated heterocycles. The summed E-state index contributed by atoms with van der Waals surface area (Å²) in [5.41, 5.74) is 0.910. The molecule has 1 heterocycles. The van der Waals surface area contributed by atoms with Gasteiger partial charge in [0.1, 0.15) is 5.78 Å². The number of nitrogens with zero attached hydrogens (tertiary/aromatic N) is 1. The van der Waals surface area contributed by atoms with E-state index < -0.39 is 0 Å². The van der Waals surface area contributed by atoms with Crippen molar-refractivity contribution in [2.45, 2.75) is 44.9 Å². The lowest BCUT2D eigenvalue weighted by atomic mass is 9.67. The van der Waals surface area contributed by atoms with Gasteiger partial charge in [0, 0.05) is 18.4 Å². The maximum atomic E-state index is 12.4. The van der Waals surface area contributed by atoms with Crippen LogP contribution in [0.3, 0.4) is 0 Å². The molecule has 6 nitrogen and oxygen atoms in total. The topological polar surface area (TPSA) is 80.8 Å². The Kier molecular flexibility index (Phi) is 5.29. The number of carbonyl (C=O) groups excluding carboxylic acids is 4. The van der Waals surface area contributed by atoms with Crippen LogP contribution in [0.5, 0.6) is 0 Å². The molecule has 2 bridgehead atoms. The molecule has 3 atom stereocenters. The SMILES string of the molecule is O=C(OCCCCN1C(=O)c2ccccc2C1=O)C1C[C@H]2CCC[C@@H](C1)C2=O. The first-order valence-electron chi connectivity index (χ1n) is 10.2. The Hall–Kier alpha value is -2.50. The molecule has 3 aliphatic rings. The molecular formula is C22H25NO5. The number of fused-ring (bicyclic) bond motifs is 3. The van der Waals surface area contributed by atoms with E-state index in [1.807, 2.05) is 0 Å². The number of ether oxygens (including phenoxy) is 1. The zero-order valence-corrected chi connectivity index (χ0v) is 15.9. The van der Waals surface area contributed by atoms with E-state index in [1.165, 1.54) is 4.90 Å². The molecule has 2 fully saturated rings. The first kappa shape index (κ1) is 18.8. The third-order valence-corrected chi connectivity index (χ3v) is 6.28. The van der Waals surface area contributed by atoms with E-state index in [-0.39, 0.29) is 42.1 Å². The van der Waals surface area contributed by atoms with Gasteiger partial charge in [0.2, 0.25) is 0 Å². The molecule has 28 heavy (non-hydrogen) atoms. The van der Waals surface area contributed by atoms with Gasteiger partial charge in [-0.1, -0.05) is 18.6 Å². The second kappa shape index (κ2) is 7.86. The monoisotopic (exact) mass is 383 g/mol. The van der Waals surface area contributed by atoms with E-state index >= 15 is 0 Å². The Bertz CT molecular complexity index is 766. The minimum atomic E-state index is -0.254. The van der Waals surface area contributed by atoms with Crippen LogP contribution >= 0.6 is 0 Å². The predicted molar refractivity (Wildman–Crippen MR) is 101 cm³/mol. The van der Waals surface area contributed by atoms with Gasteiger partial charge in [0.15, 0.2) is 0 Å². The number of hydrogen-bond acceptors (Lipinski definition) is 5. The average Bonchev–Trinajstić information content (AvgIpc) is 2.92. The fourth-order valence-corrected chi connectivity index (χ4v) is 4.78. The Morgan fingerprint density at radius 2 is 1.57 bits per heavy atom. The maximum Gasteiger partial charge on any atom is 0.308 e. The van der Waals surface area contributed by atoms with Crippen LogP contribution in [-0.2, 0) is 14.3 Å². The Morgan fingerprint density at radius 1 is 0.964 bits per heavy atom. The van der Waals surface area contributed by atoms with E-state index in [9.17, 15) is 19.2 Å². The predicted octanol–water partition coefficient (Wildman–Crippen LogP) is 3.00. The highest BCUT2D eigenvalue weighted by molar-refractivity contribution is 6.21. The van der Waals surface area contributed by atoms with Gasteiger partial charge in [-0.05, 0) is 50.7 Å². The molecule has 2 aliphatic carbocycles. The Morgan fingerprint density at radius 3 is 2.18 bits per heavy atom. The summed E-state index contributed by atoms with van der Waals surface area (Å²) >= 11 is 0. The van der Waals surface area contributed by atoms with Gasteiger partial charge in [0.25, 0.3) is 11.8 Å². The molecule has 0 aromatic heterocycles. The van der Waals surface area contributed by atoms with Gasteiger partial charge in [-0.25, -0.2) is 0 Å². The van der Waals surface area contributed by atoms with E-state index in [4.69, 9.17) is 4.74 Å². The fraction of sp³-hybridized carbons (Fsp3) is 0.545. The zero-order chi connectivity index (χ0) is 19.7. The summed E-state index contributed by atoms with van der Waals surface area (Å²) in [6, 6.07) is 6.84. The summed E-state index contributed by atoms with van der Waals surface area (Å²) in [7, 11) is 0. The third-order valence-electron chi connectivity index (χ3n) is 6.28. The Labute approximate surface area is 164 Å². The van der Waals surface area contributed by atoms with Gasteiger partial charge >= 0.3 is 5.97 Å². The van der Waals surface area contributed by atoms with Gasteiger partial charge < -0.3 is 4.74 Å². The molecule has 2 saturated carbocycles. The number of ketones is 1. The van der Waals surface area contributed by atoms with Crippen LogP contribution in [-0.4, -0.2) is 41.6 Å². The van der Waals surface area contributed by atoms with Gasteiger partial charge in [-0.2, -0.15) is 0 Å². The molecule has 0 radical (unpaired) electrons. The normalized spacial score (nSPS) is 26.4. The van der Waals surface area contributed by atoms with Gasteiger partial charge in [0.05, 0.1) is 23.7 Å². The van der Waals surface area contributed by atoms with Crippen LogP contribution in [0.15, 0.2) is 24.3 Å². The molecule has 1 unspecified atom stereocenters. The summed E-state index contributed by atoms with van der Waals surface area (Å²) in [5.74, 6) is -0.449. The Balaban J connectivity index is 1.20. The molecular weight excluding hydrogens is 358 g/mol. The van der Waals surface area contributed by atoms with Crippen molar-refractivity contribution in [3.05, 3.63) is 35.4 Å². The lowest BCUT2D eigenvalue weighted by Gasteiger charge is -2.36. The number of imide groups is 1. The quantitative estimate of drug-likeness (QED) is 0.429. The molecule has 0 spiro atoms. The minimum Gasteiger partial charge on any atom is -0.465 e.